The van der Waals surface area contributed by atoms with E-state index in [-0.39, 0.29) is 16.1 Å². The Kier molecular flexibility index (Phi) is 6.79. The molecule has 0 aliphatic carbocycles. The third-order valence-electron chi connectivity index (χ3n) is 3.29. The lowest BCUT2D eigenvalue weighted by Crippen LogP contribution is -2.02. The van der Waals surface area contributed by atoms with Gasteiger partial charge in [-0.05, 0) is 23.3 Å². The van der Waals surface area contributed by atoms with Crippen LogP contribution in [0.1, 0.15) is 11.1 Å². The molecule has 0 amide bonds. The number of nitro groups is 2. The molecule has 0 heterocycles. The first-order chi connectivity index (χ1) is 13.1. The average molecular weight is 430 g/mol. The van der Waals surface area contributed by atoms with Gasteiger partial charge in [-0.2, -0.15) is 8.42 Å². The molecular weight excluding hydrogens is 420 g/mol. The Labute approximate surface area is 161 Å². The summed E-state index contributed by atoms with van der Waals surface area (Å²) < 4.78 is 36.6. The molecule has 0 saturated heterocycles. The first-order valence-corrected chi connectivity index (χ1v) is 9.19. The zero-order valence-electron chi connectivity index (χ0n) is 13.5. The van der Waals surface area contributed by atoms with Crippen molar-refractivity contribution in [1.82, 2.24) is 0 Å². The molecule has 0 atom stereocenters. The van der Waals surface area contributed by atoms with Crippen LogP contribution in [0, 0.1) is 20.2 Å². The minimum Gasteiger partial charge on any atom is -0.282 e. The van der Waals surface area contributed by atoms with Crippen LogP contribution in [0.15, 0.2) is 46.2 Å². The fourth-order valence-corrected chi connectivity index (χ4v) is 3.28. The standard InChI is InChI=1S/C14H10N2O10S2/c17-15(18)11-5-3-9(13(7-11)27-26-25-21)1-2-10-4-6-12(16(19)20)8-14(10)28(22,23)24/h1-8,21H,(H,22,23,24)/b2-1+. The van der Waals surface area contributed by atoms with E-state index in [9.17, 15) is 33.2 Å². The van der Waals surface area contributed by atoms with Crippen molar-refractivity contribution >= 4 is 45.7 Å². The van der Waals surface area contributed by atoms with Crippen molar-refractivity contribution in [3.05, 3.63) is 67.8 Å². The maximum absolute atomic E-state index is 11.5. The normalized spacial score (nSPS) is 11.6. The monoisotopic (exact) mass is 430 g/mol. The van der Waals surface area contributed by atoms with Crippen molar-refractivity contribution in [3.63, 3.8) is 0 Å². The van der Waals surface area contributed by atoms with Gasteiger partial charge in [0.25, 0.3) is 21.5 Å². The first-order valence-electron chi connectivity index (χ1n) is 7.00. The molecular formula is C14H10N2O10S2. The maximum Gasteiger partial charge on any atom is 0.295 e. The highest BCUT2D eigenvalue weighted by Crippen LogP contribution is 2.30. The minimum absolute atomic E-state index is 0.0678. The Morgan fingerprint density at radius 3 is 2.04 bits per heavy atom. The van der Waals surface area contributed by atoms with Crippen LogP contribution in [0.25, 0.3) is 12.2 Å². The van der Waals surface area contributed by atoms with E-state index in [1.165, 1.54) is 24.3 Å². The maximum atomic E-state index is 11.5. The summed E-state index contributed by atoms with van der Waals surface area (Å²) in [6.07, 6.45) is 2.54. The van der Waals surface area contributed by atoms with Crippen molar-refractivity contribution < 1.29 is 37.4 Å². The highest BCUT2D eigenvalue weighted by atomic mass is 32.2. The second-order valence-corrected chi connectivity index (χ2v) is 7.13. The van der Waals surface area contributed by atoms with Crippen molar-refractivity contribution in [2.75, 3.05) is 0 Å². The molecule has 0 aliphatic rings. The zero-order valence-corrected chi connectivity index (χ0v) is 15.1. The molecule has 2 aromatic carbocycles. The van der Waals surface area contributed by atoms with Gasteiger partial charge < -0.3 is 0 Å². The van der Waals surface area contributed by atoms with Crippen molar-refractivity contribution in [3.8, 4) is 0 Å². The summed E-state index contributed by atoms with van der Waals surface area (Å²) in [5.41, 5.74) is -0.589. The van der Waals surface area contributed by atoms with Crippen LogP contribution >= 0.6 is 12.0 Å². The summed E-state index contributed by atoms with van der Waals surface area (Å²) in [7, 11) is -4.76. The fraction of sp³-hybridized carbons (Fsp3) is 0. The quantitative estimate of drug-likeness (QED) is 0.156. The highest BCUT2D eigenvalue weighted by Gasteiger charge is 2.19. The van der Waals surface area contributed by atoms with Crippen LogP contribution in [-0.2, 0) is 19.5 Å². The van der Waals surface area contributed by atoms with E-state index in [4.69, 9.17) is 5.26 Å². The Balaban J connectivity index is 2.50. The lowest BCUT2D eigenvalue weighted by molar-refractivity contribution is -0.432. The van der Waals surface area contributed by atoms with Crippen LogP contribution in [0.5, 0.6) is 0 Å². The lowest BCUT2D eigenvalue weighted by Gasteiger charge is -2.05. The summed E-state index contributed by atoms with van der Waals surface area (Å²) in [4.78, 5) is 19.6. The molecule has 0 spiro atoms. The third-order valence-corrected chi connectivity index (χ3v) is 4.86. The van der Waals surface area contributed by atoms with Gasteiger partial charge in [0.2, 0.25) is 0 Å². The molecule has 0 aromatic heterocycles. The number of hydrogen-bond acceptors (Lipinski definition) is 10. The number of benzene rings is 2. The number of rotatable bonds is 8. The SMILES string of the molecule is O=[N+]([O-])c1ccc(/C=C/c2ccc([N+](=O)[O-])cc2S(=O)(=O)O)c(SOOO)c1. The van der Waals surface area contributed by atoms with E-state index in [0.717, 1.165) is 18.2 Å². The van der Waals surface area contributed by atoms with Crippen LogP contribution in [0.4, 0.5) is 11.4 Å². The Morgan fingerprint density at radius 1 is 0.964 bits per heavy atom. The second kappa shape index (κ2) is 8.87. The number of hydrogen-bond donors (Lipinski definition) is 2. The molecule has 0 unspecified atom stereocenters. The van der Waals surface area contributed by atoms with Crippen LogP contribution in [-0.4, -0.2) is 28.1 Å². The van der Waals surface area contributed by atoms with Crippen molar-refractivity contribution in [1.29, 1.82) is 0 Å². The second-order valence-electron chi connectivity index (χ2n) is 4.99. The van der Waals surface area contributed by atoms with Gasteiger partial charge in [-0.1, -0.05) is 17.2 Å². The first kappa shape index (κ1) is 21.4. The predicted molar refractivity (Wildman–Crippen MR) is 95.6 cm³/mol. The van der Waals surface area contributed by atoms with Crippen LogP contribution in [0.2, 0.25) is 0 Å². The molecule has 0 radical (unpaired) electrons. The molecule has 2 N–H and O–H groups in total. The molecule has 0 aliphatic heterocycles. The highest BCUT2D eigenvalue weighted by molar-refractivity contribution is 7.94. The van der Waals surface area contributed by atoms with Gasteiger partial charge in [-0.25, -0.2) is 5.26 Å². The summed E-state index contributed by atoms with van der Waals surface area (Å²) >= 11 is 0.445. The van der Waals surface area contributed by atoms with Gasteiger partial charge in [-0.3, -0.25) is 24.8 Å². The van der Waals surface area contributed by atoms with Gasteiger partial charge in [0.05, 0.1) is 26.8 Å². The zero-order chi connectivity index (χ0) is 20.9. The van der Waals surface area contributed by atoms with Crippen molar-refractivity contribution in [2.45, 2.75) is 9.79 Å². The smallest absolute Gasteiger partial charge is 0.282 e. The van der Waals surface area contributed by atoms with E-state index in [1.807, 2.05) is 0 Å². The predicted octanol–water partition coefficient (Wildman–Crippen LogP) is 3.35. The Bertz CT molecular complexity index is 1050. The molecule has 0 fully saturated rings. The van der Waals surface area contributed by atoms with E-state index < -0.39 is 30.5 Å². The lowest BCUT2D eigenvalue weighted by atomic mass is 10.1. The average Bonchev–Trinajstić information content (AvgIpc) is 2.63. The van der Waals surface area contributed by atoms with Crippen molar-refractivity contribution in [2.24, 2.45) is 0 Å². The van der Waals surface area contributed by atoms with Crippen LogP contribution in [0.3, 0.4) is 0 Å². The van der Waals surface area contributed by atoms with E-state index >= 15 is 0 Å². The fourth-order valence-electron chi connectivity index (χ4n) is 2.08. The van der Waals surface area contributed by atoms with E-state index in [0.29, 0.717) is 23.7 Å². The topological polar surface area (TPSA) is 179 Å². The van der Waals surface area contributed by atoms with Gasteiger partial charge in [0, 0.05) is 24.3 Å². The Hall–Kier alpha value is -2.88. The molecule has 28 heavy (non-hydrogen) atoms. The van der Waals surface area contributed by atoms with Gasteiger partial charge in [-0.15, -0.1) is 4.33 Å². The van der Waals surface area contributed by atoms with Gasteiger partial charge in [0.15, 0.2) is 0 Å². The third kappa shape index (κ3) is 5.32. The van der Waals surface area contributed by atoms with E-state index in [2.05, 4.69) is 9.37 Å². The Morgan fingerprint density at radius 2 is 1.50 bits per heavy atom. The van der Waals surface area contributed by atoms with Gasteiger partial charge in [0.1, 0.15) is 4.90 Å². The molecule has 14 heteroatoms. The largest absolute Gasteiger partial charge is 0.295 e. The summed E-state index contributed by atoms with van der Waals surface area (Å²) in [5, 5.41) is 33.4. The molecule has 12 nitrogen and oxygen atoms in total. The summed E-state index contributed by atoms with van der Waals surface area (Å²) in [6.45, 7) is 0. The summed E-state index contributed by atoms with van der Waals surface area (Å²) in [5.74, 6) is 0. The summed E-state index contributed by atoms with van der Waals surface area (Å²) in [6, 6.07) is 6.46. The molecule has 0 bridgehead atoms. The molecule has 0 saturated carbocycles. The molecule has 148 valence electrons. The van der Waals surface area contributed by atoms with Crippen LogP contribution < -0.4 is 0 Å². The number of nitro benzene ring substituents is 2. The van der Waals surface area contributed by atoms with E-state index in [1.54, 1.807) is 0 Å². The molecule has 2 aromatic rings. The van der Waals surface area contributed by atoms with Gasteiger partial charge >= 0.3 is 0 Å². The number of nitrogens with zero attached hydrogens (tertiary/aromatic N) is 2. The minimum atomic E-state index is -4.76. The molecule has 2 rings (SSSR count). The number of non-ortho nitro benzene ring substituents is 2.